The van der Waals surface area contributed by atoms with Crippen LogP contribution in [0.5, 0.6) is 0 Å². The molecule has 0 aromatic rings. The number of rotatable bonds is 10. The van der Waals surface area contributed by atoms with E-state index in [4.69, 9.17) is 4.74 Å². The smallest absolute Gasteiger partial charge is 0.305 e. The molecule has 1 aliphatic carbocycles. The minimum atomic E-state index is -1.27. The summed E-state index contributed by atoms with van der Waals surface area (Å²) in [4.78, 5) is 11.1. The van der Waals surface area contributed by atoms with E-state index >= 15 is 0 Å². The Morgan fingerprint density at radius 2 is 2.19 bits per heavy atom. The van der Waals surface area contributed by atoms with Crippen molar-refractivity contribution >= 4 is 5.97 Å². The van der Waals surface area contributed by atoms with Crippen LogP contribution in [-0.4, -0.2) is 47.8 Å². The second kappa shape index (κ2) is 10.8. The molecule has 0 amide bonds. The molecule has 5 nitrogen and oxygen atoms in total. The van der Waals surface area contributed by atoms with Crippen LogP contribution >= 0.6 is 0 Å². The van der Waals surface area contributed by atoms with Crippen LogP contribution in [0.3, 0.4) is 0 Å². The Kier molecular flexibility index (Phi) is 8.77. The van der Waals surface area contributed by atoms with Crippen molar-refractivity contribution in [2.75, 3.05) is 7.11 Å². The van der Waals surface area contributed by atoms with Gasteiger partial charge in [0, 0.05) is 24.7 Å². The summed E-state index contributed by atoms with van der Waals surface area (Å²) in [7, 11) is 1.35. The molecular formula is C21H33FO5. The van der Waals surface area contributed by atoms with Crippen molar-refractivity contribution in [1.29, 1.82) is 0 Å². The van der Waals surface area contributed by atoms with Crippen LogP contribution in [0.1, 0.15) is 58.3 Å². The van der Waals surface area contributed by atoms with E-state index in [1.54, 1.807) is 18.2 Å². The molecule has 2 N–H and O–H groups in total. The van der Waals surface area contributed by atoms with Gasteiger partial charge in [-0.2, -0.15) is 0 Å². The summed E-state index contributed by atoms with van der Waals surface area (Å²) in [5.74, 6) is -0.748. The van der Waals surface area contributed by atoms with Crippen LogP contribution in [0.15, 0.2) is 24.0 Å². The molecule has 1 saturated carbocycles. The van der Waals surface area contributed by atoms with Crippen LogP contribution in [0.25, 0.3) is 0 Å². The van der Waals surface area contributed by atoms with Crippen LogP contribution < -0.4 is 0 Å². The minimum Gasteiger partial charge on any atom is -0.491 e. The maximum atomic E-state index is 14.9. The Labute approximate surface area is 161 Å². The number of aliphatic hydroxyl groups is 2. The fourth-order valence-corrected chi connectivity index (χ4v) is 3.96. The first-order chi connectivity index (χ1) is 13.0. The normalized spacial score (nSPS) is 32.6. The van der Waals surface area contributed by atoms with Crippen molar-refractivity contribution in [2.24, 2.45) is 11.8 Å². The van der Waals surface area contributed by atoms with Gasteiger partial charge in [0.25, 0.3) is 0 Å². The monoisotopic (exact) mass is 384 g/mol. The molecule has 0 spiro atoms. The molecule has 1 aliphatic heterocycles. The lowest BCUT2D eigenvalue weighted by atomic mass is 9.89. The summed E-state index contributed by atoms with van der Waals surface area (Å²) in [5, 5.41) is 20.3. The number of ether oxygens (including phenoxy) is 2. The molecule has 1 unspecified atom stereocenters. The first kappa shape index (κ1) is 21.9. The fraction of sp³-hybridized carbons (Fsp3) is 0.762. The second-order valence-corrected chi connectivity index (χ2v) is 7.54. The summed E-state index contributed by atoms with van der Waals surface area (Å²) in [6.07, 6.45) is 7.97. The third-order valence-corrected chi connectivity index (χ3v) is 5.51. The molecule has 27 heavy (non-hydrogen) atoms. The highest BCUT2D eigenvalue weighted by molar-refractivity contribution is 5.69. The van der Waals surface area contributed by atoms with Gasteiger partial charge >= 0.3 is 5.97 Å². The van der Waals surface area contributed by atoms with Crippen LogP contribution in [0.2, 0.25) is 0 Å². The van der Waals surface area contributed by atoms with E-state index in [0.29, 0.717) is 37.9 Å². The number of allylic oxidation sites excluding steroid dienone is 2. The van der Waals surface area contributed by atoms with Gasteiger partial charge in [0.15, 0.2) is 6.17 Å². The van der Waals surface area contributed by atoms with Gasteiger partial charge in [-0.15, -0.1) is 0 Å². The SMILES string of the molecule is CCCCC[C@H](O)C=C[C@@H]1[C@H]2C(F)C(=CCCCC(=O)OC)O[C@H]2C[C@H]1O. The summed E-state index contributed by atoms with van der Waals surface area (Å²) in [5.41, 5.74) is 0. The largest absolute Gasteiger partial charge is 0.491 e. The fourth-order valence-electron chi connectivity index (χ4n) is 3.96. The van der Waals surface area contributed by atoms with Crippen LogP contribution in [-0.2, 0) is 14.3 Å². The Morgan fingerprint density at radius 3 is 2.89 bits per heavy atom. The van der Waals surface area contributed by atoms with Crippen LogP contribution in [0.4, 0.5) is 4.39 Å². The summed E-state index contributed by atoms with van der Waals surface area (Å²) < 4.78 is 25.2. The van der Waals surface area contributed by atoms with E-state index < -0.39 is 24.3 Å². The number of halogens is 1. The number of unbranched alkanes of at least 4 members (excludes halogenated alkanes) is 3. The second-order valence-electron chi connectivity index (χ2n) is 7.54. The van der Waals surface area contributed by atoms with Gasteiger partial charge in [-0.1, -0.05) is 38.3 Å². The number of fused-ring (bicyclic) bond motifs is 1. The lowest BCUT2D eigenvalue weighted by Crippen LogP contribution is -2.25. The van der Waals surface area contributed by atoms with Gasteiger partial charge in [-0.3, -0.25) is 4.79 Å². The first-order valence-electron chi connectivity index (χ1n) is 10.1. The van der Waals surface area contributed by atoms with Crippen molar-refractivity contribution < 1.29 is 28.9 Å². The van der Waals surface area contributed by atoms with Crippen molar-refractivity contribution in [3.05, 3.63) is 24.0 Å². The van der Waals surface area contributed by atoms with Gasteiger partial charge in [-0.05, 0) is 25.3 Å². The van der Waals surface area contributed by atoms with E-state index in [0.717, 1.165) is 19.3 Å². The molecule has 1 saturated heterocycles. The van der Waals surface area contributed by atoms with E-state index in [1.165, 1.54) is 7.11 Å². The molecule has 2 rings (SSSR count). The molecule has 2 aliphatic rings. The number of esters is 1. The quantitative estimate of drug-likeness (QED) is 0.343. The number of methoxy groups -OCH3 is 1. The van der Waals surface area contributed by atoms with Gasteiger partial charge in [0.1, 0.15) is 11.9 Å². The van der Waals surface area contributed by atoms with Crippen molar-refractivity contribution in [1.82, 2.24) is 0 Å². The molecule has 154 valence electrons. The average molecular weight is 384 g/mol. The Morgan fingerprint density at radius 1 is 1.41 bits per heavy atom. The maximum Gasteiger partial charge on any atom is 0.305 e. The topological polar surface area (TPSA) is 76.0 Å². The number of hydrogen-bond acceptors (Lipinski definition) is 5. The van der Waals surface area contributed by atoms with E-state index in [2.05, 4.69) is 11.7 Å². The molecule has 6 atom stereocenters. The molecule has 1 heterocycles. The maximum absolute atomic E-state index is 14.9. The highest BCUT2D eigenvalue weighted by Gasteiger charge is 2.53. The number of aliphatic hydroxyl groups excluding tert-OH is 2. The van der Waals surface area contributed by atoms with E-state index in [1.807, 2.05) is 0 Å². The Balaban J connectivity index is 1.89. The van der Waals surface area contributed by atoms with Gasteiger partial charge in [0.2, 0.25) is 0 Å². The zero-order valence-corrected chi connectivity index (χ0v) is 16.4. The predicted molar refractivity (Wildman–Crippen MR) is 101 cm³/mol. The lowest BCUT2D eigenvalue weighted by Gasteiger charge is -2.18. The number of hydrogen-bond donors (Lipinski definition) is 2. The lowest BCUT2D eigenvalue weighted by molar-refractivity contribution is -0.140. The Bertz CT molecular complexity index is 533. The third kappa shape index (κ3) is 6.04. The van der Waals surface area contributed by atoms with Crippen molar-refractivity contribution in [3.63, 3.8) is 0 Å². The van der Waals surface area contributed by atoms with Crippen molar-refractivity contribution in [2.45, 2.75) is 82.8 Å². The molecule has 0 aromatic carbocycles. The number of alkyl halides is 1. The zero-order valence-electron chi connectivity index (χ0n) is 16.4. The van der Waals surface area contributed by atoms with Gasteiger partial charge in [0.05, 0.1) is 19.3 Å². The van der Waals surface area contributed by atoms with Gasteiger partial charge in [-0.25, -0.2) is 4.39 Å². The molecular weight excluding hydrogens is 351 g/mol. The van der Waals surface area contributed by atoms with Crippen molar-refractivity contribution in [3.8, 4) is 0 Å². The minimum absolute atomic E-state index is 0.278. The zero-order chi connectivity index (χ0) is 19.8. The summed E-state index contributed by atoms with van der Waals surface area (Å²) in [6, 6.07) is 0. The van der Waals surface area contributed by atoms with Crippen LogP contribution in [0, 0.1) is 11.8 Å². The van der Waals surface area contributed by atoms with Gasteiger partial charge < -0.3 is 19.7 Å². The predicted octanol–water partition coefficient (Wildman–Crippen LogP) is 3.44. The first-order valence-corrected chi connectivity index (χ1v) is 10.1. The summed E-state index contributed by atoms with van der Waals surface area (Å²) >= 11 is 0. The highest BCUT2D eigenvalue weighted by atomic mass is 19.1. The average Bonchev–Trinajstić information content (AvgIpc) is 3.12. The molecule has 0 aromatic heterocycles. The molecule has 6 heteroatoms. The molecule has 0 radical (unpaired) electrons. The highest BCUT2D eigenvalue weighted by Crippen LogP contribution is 2.47. The Hall–Kier alpha value is -1.40. The standard InChI is InChI=1S/C21H33FO5/c1-3-4-5-8-14(23)11-12-15-16(24)13-18-20(15)21(22)17(27-18)9-6-7-10-19(25)26-2/h9,11-12,14-16,18,20-21,23-24H,3-8,10,13H2,1-2H3/t14-,15-,16+,18-,20+,21?/m0/s1. The molecule has 2 fully saturated rings. The number of carbonyl (C=O) groups is 1. The third-order valence-electron chi connectivity index (χ3n) is 5.51. The molecule has 0 bridgehead atoms. The summed E-state index contributed by atoms with van der Waals surface area (Å²) in [6.45, 7) is 2.11. The number of carbonyl (C=O) groups excluding carboxylic acids is 1. The van der Waals surface area contributed by atoms with E-state index in [9.17, 15) is 19.4 Å². The van der Waals surface area contributed by atoms with E-state index in [-0.39, 0.29) is 18.0 Å².